The number of rotatable bonds is 5. The minimum Gasteiger partial charge on any atom is -0.342 e. The first-order valence-electron chi connectivity index (χ1n) is 9.32. The van der Waals surface area contributed by atoms with E-state index in [0.717, 1.165) is 40.0 Å². The molecular formula is C24H20F3NS. The van der Waals surface area contributed by atoms with Crippen molar-refractivity contribution in [1.82, 2.24) is 4.57 Å². The van der Waals surface area contributed by atoms with Gasteiger partial charge < -0.3 is 4.57 Å². The van der Waals surface area contributed by atoms with Crippen LogP contribution >= 0.6 is 11.8 Å². The van der Waals surface area contributed by atoms with Crippen LogP contribution in [0.25, 0.3) is 10.9 Å². The fourth-order valence-electron chi connectivity index (χ4n) is 3.42. The number of thioether (sulfide) groups is 1. The zero-order valence-corrected chi connectivity index (χ0v) is 16.7. The first-order chi connectivity index (χ1) is 13.9. The predicted molar refractivity (Wildman–Crippen MR) is 113 cm³/mol. The molecule has 0 aliphatic carbocycles. The first kappa shape index (κ1) is 19.6. The van der Waals surface area contributed by atoms with Gasteiger partial charge in [-0.3, -0.25) is 0 Å². The van der Waals surface area contributed by atoms with E-state index in [-0.39, 0.29) is 0 Å². The molecule has 0 aliphatic heterocycles. The molecule has 1 nitrogen and oxygen atoms in total. The van der Waals surface area contributed by atoms with Crippen LogP contribution in [-0.2, 0) is 18.5 Å². The highest BCUT2D eigenvalue weighted by atomic mass is 32.2. The van der Waals surface area contributed by atoms with Crippen molar-refractivity contribution < 1.29 is 13.2 Å². The Kier molecular flexibility index (Phi) is 5.41. The average Bonchev–Trinajstić information content (AvgIpc) is 3.04. The van der Waals surface area contributed by atoms with Gasteiger partial charge in [0.2, 0.25) is 0 Å². The summed E-state index contributed by atoms with van der Waals surface area (Å²) in [5.74, 6) is 0.622. The quantitative estimate of drug-likeness (QED) is 0.312. The lowest BCUT2D eigenvalue weighted by atomic mass is 10.1. The number of hydrogen-bond donors (Lipinski definition) is 0. The van der Waals surface area contributed by atoms with E-state index in [1.54, 1.807) is 23.9 Å². The highest BCUT2D eigenvalue weighted by molar-refractivity contribution is 7.98. The van der Waals surface area contributed by atoms with E-state index in [2.05, 4.69) is 54.1 Å². The van der Waals surface area contributed by atoms with Gasteiger partial charge in [0.15, 0.2) is 0 Å². The summed E-state index contributed by atoms with van der Waals surface area (Å²) < 4.78 is 40.5. The third-order valence-corrected chi connectivity index (χ3v) is 5.98. The summed E-state index contributed by atoms with van der Waals surface area (Å²) in [6.45, 7) is 2.87. The maximum absolute atomic E-state index is 12.7. The number of benzene rings is 3. The lowest BCUT2D eigenvalue weighted by Gasteiger charge is -2.07. The van der Waals surface area contributed by atoms with Gasteiger partial charge in [-0.1, -0.05) is 60.2 Å². The molecule has 0 fully saturated rings. The van der Waals surface area contributed by atoms with Crippen LogP contribution in [0, 0.1) is 6.92 Å². The predicted octanol–water partition coefficient (Wildman–Crippen LogP) is 7.31. The third-order valence-electron chi connectivity index (χ3n) is 4.86. The van der Waals surface area contributed by atoms with Crippen molar-refractivity contribution in [2.24, 2.45) is 0 Å². The van der Waals surface area contributed by atoms with Gasteiger partial charge in [-0.05, 0) is 36.2 Å². The molecule has 0 saturated carbocycles. The van der Waals surface area contributed by atoms with Gasteiger partial charge >= 0.3 is 6.18 Å². The van der Waals surface area contributed by atoms with Gasteiger partial charge in [0.1, 0.15) is 0 Å². The van der Waals surface area contributed by atoms with Crippen LogP contribution in [0.2, 0.25) is 0 Å². The van der Waals surface area contributed by atoms with E-state index in [1.165, 1.54) is 11.1 Å². The van der Waals surface area contributed by atoms with Gasteiger partial charge in [0.05, 0.1) is 5.56 Å². The number of aryl methyl sites for hydroxylation is 1. The molecule has 0 unspecified atom stereocenters. The van der Waals surface area contributed by atoms with Crippen LogP contribution in [0.15, 0.2) is 83.9 Å². The highest BCUT2D eigenvalue weighted by Crippen LogP contribution is 2.34. The molecule has 0 radical (unpaired) electrons. The normalized spacial score (nSPS) is 11.9. The molecule has 29 heavy (non-hydrogen) atoms. The molecule has 5 heteroatoms. The molecule has 1 heterocycles. The monoisotopic (exact) mass is 411 g/mol. The van der Waals surface area contributed by atoms with Crippen LogP contribution < -0.4 is 0 Å². The van der Waals surface area contributed by atoms with Crippen molar-refractivity contribution >= 4 is 22.7 Å². The minimum absolute atomic E-state index is 0.610. The Labute approximate surface area is 172 Å². The van der Waals surface area contributed by atoms with Crippen molar-refractivity contribution in [3.8, 4) is 0 Å². The van der Waals surface area contributed by atoms with Gasteiger partial charge in [-0.15, -0.1) is 11.8 Å². The fourth-order valence-corrected chi connectivity index (χ4v) is 4.46. The maximum atomic E-state index is 12.7. The molecule has 0 N–H and O–H groups in total. The second kappa shape index (κ2) is 7.99. The van der Waals surface area contributed by atoms with Crippen molar-refractivity contribution in [3.63, 3.8) is 0 Å². The number of alkyl halides is 3. The van der Waals surface area contributed by atoms with E-state index in [9.17, 15) is 13.2 Å². The molecule has 4 rings (SSSR count). The van der Waals surface area contributed by atoms with E-state index >= 15 is 0 Å². The van der Waals surface area contributed by atoms with Gasteiger partial charge in [-0.2, -0.15) is 13.2 Å². The molecule has 0 saturated heterocycles. The van der Waals surface area contributed by atoms with Crippen molar-refractivity contribution in [3.05, 3.63) is 101 Å². The number of halogens is 3. The number of hydrogen-bond acceptors (Lipinski definition) is 1. The standard InChI is InChI=1S/C24H20F3NS/c1-17-5-4-6-19(13-17)14-28-15-23(21-7-2-3-8-22(21)28)29-16-18-9-11-20(12-10-18)24(25,26)27/h2-13,15H,14,16H2,1H3. The Morgan fingerprint density at radius 3 is 2.34 bits per heavy atom. The van der Waals surface area contributed by atoms with Crippen molar-refractivity contribution in [2.45, 2.75) is 30.3 Å². The topological polar surface area (TPSA) is 4.93 Å². The Morgan fingerprint density at radius 2 is 1.62 bits per heavy atom. The van der Waals surface area contributed by atoms with Gasteiger partial charge in [0.25, 0.3) is 0 Å². The third kappa shape index (κ3) is 4.51. The molecule has 0 bridgehead atoms. The lowest BCUT2D eigenvalue weighted by molar-refractivity contribution is -0.137. The molecular weight excluding hydrogens is 391 g/mol. The van der Waals surface area contributed by atoms with E-state index < -0.39 is 11.7 Å². The van der Waals surface area contributed by atoms with E-state index in [0.29, 0.717) is 5.75 Å². The lowest BCUT2D eigenvalue weighted by Crippen LogP contribution is -2.04. The molecule has 3 aromatic carbocycles. The van der Waals surface area contributed by atoms with Crippen LogP contribution in [0.3, 0.4) is 0 Å². The second-order valence-corrected chi connectivity index (χ2v) is 8.13. The van der Waals surface area contributed by atoms with Crippen LogP contribution in [0.1, 0.15) is 22.3 Å². The Morgan fingerprint density at radius 1 is 0.862 bits per heavy atom. The molecule has 0 amide bonds. The number of aromatic nitrogens is 1. The molecule has 148 valence electrons. The summed E-state index contributed by atoms with van der Waals surface area (Å²) in [6, 6.07) is 22.1. The molecule has 0 aliphatic rings. The average molecular weight is 411 g/mol. The summed E-state index contributed by atoms with van der Waals surface area (Å²) in [7, 11) is 0. The summed E-state index contributed by atoms with van der Waals surface area (Å²) in [5.41, 5.74) is 3.89. The Bertz CT molecular complexity index is 1130. The van der Waals surface area contributed by atoms with Crippen LogP contribution in [-0.4, -0.2) is 4.57 Å². The zero-order valence-electron chi connectivity index (χ0n) is 15.9. The number of nitrogens with zero attached hydrogens (tertiary/aromatic N) is 1. The first-order valence-corrected chi connectivity index (χ1v) is 10.3. The summed E-state index contributed by atoms with van der Waals surface area (Å²) >= 11 is 1.65. The van der Waals surface area contributed by atoms with Crippen LogP contribution in [0.5, 0.6) is 0 Å². The summed E-state index contributed by atoms with van der Waals surface area (Å²) in [6.07, 6.45) is -2.16. The van der Waals surface area contributed by atoms with E-state index in [1.807, 2.05) is 12.1 Å². The Balaban J connectivity index is 1.56. The number of fused-ring (bicyclic) bond motifs is 1. The SMILES string of the molecule is Cc1cccc(Cn2cc(SCc3ccc(C(F)(F)F)cc3)c3ccccc32)c1. The van der Waals surface area contributed by atoms with E-state index in [4.69, 9.17) is 0 Å². The van der Waals surface area contributed by atoms with Crippen LogP contribution in [0.4, 0.5) is 13.2 Å². The smallest absolute Gasteiger partial charge is 0.342 e. The summed E-state index contributed by atoms with van der Waals surface area (Å²) in [4.78, 5) is 1.13. The summed E-state index contributed by atoms with van der Waals surface area (Å²) in [5, 5.41) is 1.16. The maximum Gasteiger partial charge on any atom is 0.416 e. The Hall–Kier alpha value is -2.66. The van der Waals surface area contributed by atoms with Gasteiger partial charge in [0, 0.05) is 34.3 Å². The fraction of sp³-hybridized carbons (Fsp3) is 0.167. The molecule has 1 aromatic heterocycles. The molecule has 0 spiro atoms. The highest BCUT2D eigenvalue weighted by Gasteiger charge is 2.29. The zero-order chi connectivity index (χ0) is 20.4. The number of para-hydroxylation sites is 1. The van der Waals surface area contributed by atoms with Gasteiger partial charge in [-0.25, -0.2) is 0 Å². The minimum atomic E-state index is -4.30. The largest absolute Gasteiger partial charge is 0.416 e. The van der Waals surface area contributed by atoms with Crippen molar-refractivity contribution in [1.29, 1.82) is 0 Å². The van der Waals surface area contributed by atoms with Crippen molar-refractivity contribution in [2.75, 3.05) is 0 Å². The second-order valence-electron chi connectivity index (χ2n) is 7.11. The molecule has 4 aromatic rings. The molecule has 0 atom stereocenters.